The Labute approximate surface area is 222 Å². The van der Waals surface area contributed by atoms with Gasteiger partial charge in [-0.15, -0.1) is 0 Å². The zero-order valence-electron chi connectivity index (χ0n) is 22.5. The highest BCUT2D eigenvalue weighted by molar-refractivity contribution is 6.32. The Balaban J connectivity index is 1.48. The van der Waals surface area contributed by atoms with Crippen LogP contribution < -0.4 is 4.90 Å². The fourth-order valence-electron chi connectivity index (χ4n) is 6.33. The van der Waals surface area contributed by atoms with Gasteiger partial charge in [-0.1, -0.05) is 74.0 Å². The van der Waals surface area contributed by atoms with Crippen LogP contribution in [-0.2, 0) is 10.8 Å². The molecule has 0 saturated heterocycles. The Bertz CT molecular complexity index is 1360. The van der Waals surface area contributed by atoms with E-state index in [0.29, 0.717) is 0 Å². The fraction of sp³-hybridized carbons (Fsp3) is 0.364. The molecule has 36 heavy (non-hydrogen) atoms. The van der Waals surface area contributed by atoms with E-state index in [4.69, 9.17) is 11.6 Å². The molecule has 2 aliphatic heterocycles. The molecule has 0 N–H and O–H groups in total. The molecule has 2 nitrogen and oxygen atoms in total. The number of fused-ring (bicyclic) bond motifs is 2. The number of anilines is 1. The molecule has 5 rings (SSSR count). The molecule has 0 saturated carbocycles. The maximum absolute atomic E-state index is 7.11. The standard InChI is InChI=1S/C33H38ClN2/c1-32(2)25-15-9-11-17-27(25)35(5)29(32)21-19-23-13-7-8-14-24(31(23)34)20-22-30-33(3,4)26-16-10-12-18-28(26)36(30)6/h9-12,15-22H,7-8,13-14H2,1-6H3/q+1. The molecular formula is C33H38ClN2+. The van der Waals surface area contributed by atoms with Crippen molar-refractivity contribution < 1.29 is 4.58 Å². The van der Waals surface area contributed by atoms with Crippen molar-refractivity contribution in [2.24, 2.45) is 0 Å². The third-order valence-corrected chi connectivity index (χ3v) is 8.96. The lowest BCUT2D eigenvalue weighted by Crippen LogP contribution is -2.26. The van der Waals surface area contributed by atoms with Crippen LogP contribution in [0.5, 0.6) is 0 Å². The molecule has 0 radical (unpaired) electrons. The zero-order chi connectivity index (χ0) is 25.7. The minimum atomic E-state index is -0.0314. The smallest absolute Gasteiger partial charge is 0.209 e. The lowest BCUT2D eigenvalue weighted by Gasteiger charge is -2.24. The topological polar surface area (TPSA) is 6.25 Å². The Morgan fingerprint density at radius 1 is 0.833 bits per heavy atom. The molecule has 2 aromatic carbocycles. The molecule has 2 heterocycles. The van der Waals surface area contributed by atoms with Crippen molar-refractivity contribution >= 4 is 28.7 Å². The van der Waals surface area contributed by atoms with Crippen LogP contribution in [0.2, 0.25) is 0 Å². The van der Waals surface area contributed by atoms with E-state index in [0.717, 1.165) is 30.7 Å². The van der Waals surface area contributed by atoms with E-state index in [-0.39, 0.29) is 10.8 Å². The van der Waals surface area contributed by atoms with Crippen LogP contribution >= 0.6 is 11.6 Å². The second-order valence-electron chi connectivity index (χ2n) is 11.4. The molecular weight excluding hydrogens is 460 g/mol. The predicted molar refractivity (Wildman–Crippen MR) is 155 cm³/mol. The summed E-state index contributed by atoms with van der Waals surface area (Å²) in [4.78, 5) is 2.33. The van der Waals surface area contributed by atoms with E-state index >= 15 is 0 Å². The van der Waals surface area contributed by atoms with Crippen molar-refractivity contribution in [3.63, 3.8) is 0 Å². The monoisotopic (exact) mass is 497 g/mol. The van der Waals surface area contributed by atoms with Gasteiger partial charge in [0.15, 0.2) is 5.71 Å². The highest BCUT2D eigenvalue weighted by atomic mass is 35.5. The third kappa shape index (κ3) is 4.00. The minimum absolute atomic E-state index is 0.0314. The maximum Gasteiger partial charge on any atom is 0.209 e. The van der Waals surface area contributed by atoms with Crippen LogP contribution in [0.3, 0.4) is 0 Å². The summed E-state index contributed by atoms with van der Waals surface area (Å²) in [5.41, 5.74) is 10.4. The molecule has 0 bridgehead atoms. The molecule has 0 amide bonds. The Hall–Kier alpha value is -2.84. The molecule has 0 aromatic heterocycles. The largest absolute Gasteiger partial charge is 0.347 e. The van der Waals surface area contributed by atoms with Crippen LogP contribution in [0.15, 0.2) is 94.7 Å². The summed E-state index contributed by atoms with van der Waals surface area (Å²) >= 11 is 7.11. The molecule has 3 aliphatic rings. The highest BCUT2D eigenvalue weighted by Gasteiger charge is 2.42. The van der Waals surface area contributed by atoms with Gasteiger partial charge in [0, 0.05) is 46.6 Å². The zero-order valence-corrected chi connectivity index (χ0v) is 23.3. The summed E-state index contributed by atoms with van der Waals surface area (Å²) in [6.45, 7) is 9.25. The molecule has 0 unspecified atom stereocenters. The summed E-state index contributed by atoms with van der Waals surface area (Å²) in [6, 6.07) is 17.4. The van der Waals surface area contributed by atoms with E-state index in [1.807, 2.05) is 0 Å². The van der Waals surface area contributed by atoms with E-state index in [1.54, 1.807) is 0 Å². The van der Waals surface area contributed by atoms with Crippen LogP contribution in [-0.4, -0.2) is 24.4 Å². The Kier molecular flexibility index (Phi) is 6.37. The van der Waals surface area contributed by atoms with Gasteiger partial charge in [-0.05, 0) is 68.4 Å². The van der Waals surface area contributed by atoms with Gasteiger partial charge in [-0.2, -0.15) is 4.58 Å². The molecule has 0 atom stereocenters. The predicted octanol–water partition coefficient (Wildman–Crippen LogP) is 8.55. The molecule has 186 valence electrons. The average Bonchev–Trinajstić information content (AvgIpc) is 3.07. The molecule has 2 aromatic rings. The first-order valence-electron chi connectivity index (χ1n) is 13.2. The second kappa shape index (κ2) is 9.23. The SMILES string of the molecule is CN1/C(=C/C=C2\CCCCC(/C=C/C3=[N+](C)c4ccccc4C3(C)C)=C2Cl)C(C)(C)c2ccccc21. The summed E-state index contributed by atoms with van der Waals surface area (Å²) in [6.07, 6.45) is 13.5. The molecule has 0 fully saturated rings. The van der Waals surface area contributed by atoms with Crippen molar-refractivity contribution in [1.82, 2.24) is 0 Å². The molecule has 0 spiro atoms. The van der Waals surface area contributed by atoms with Crippen LogP contribution in [0.4, 0.5) is 11.4 Å². The first kappa shape index (κ1) is 24.8. The Morgan fingerprint density at radius 3 is 2.22 bits per heavy atom. The van der Waals surface area contributed by atoms with Gasteiger partial charge < -0.3 is 4.90 Å². The number of nitrogens with zero attached hydrogens (tertiary/aromatic N) is 2. The minimum Gasteiger partial charge on any atom is -0.347 e. The normalized spacial score (nSPS) is 23.1. The summed E-state index contributed by atoms with van der Waals surface area (Å²) in [7, 11) is 4.34. The average molecular weight is 498 g/mol. The van der Waals surface area contributed by atoms with Crippen LogP contribution in [0.1, 0.15) is 64.5 Å². The first-order valence-corrected chi connectivity index (χ1v) is 13.5. The van der Waals surface area contributed by atoms with E-state index < -0.39 is 0 Å². The maximum atomic E-state index is 7.11. The highest BCUT2D eigenvalue weighted by Crippen LogP contribution is 2.47. The van der Waals surface area contributed by atoms with Crippen molar-refractivity contribution in [2.75, 3.05) is 19.0 Å². The van der Waals surface area contributed by atoms with Crippen molar-refractivity contribution in [3.8, 4) is 0 Å². The van der Waals surface area contributed by atoms with E-state index in [1.165, 1.54) is 45.1 Å². The van der Waals surface area contributed by atoms with Gasteiger partial charge in [0.05, 0.1) is 5.41 Å². The quantitative estimate of drug-likeness (QED) is 0.385. The number of para-hydroxylation sites is 2. The first-order chi connectivity index (χ1) is 17.1. The number of benzene rings is 2. The van der Waals surface area contributed by atoms with Crippen LogP contribution in [0.25, 0.3) is 0 Å². The Morgan fingerprint density at radius 2 is 1.50 bits per heavy atom. The summed E-state index contributed by atoms with van der Waals surface area (Å²) < 4.78 is 2.33. The van der Waals surface area contributed by atoms with Crippen LogP contribution in [0, 0.1) is 0 Å². The lowest BCUT2D eigenvalue weighted by atomic mass is 9.81. The number of halogens is 1. The van der Waals surface area contributed by atoms with Gasteiger partial charge in [-0.3, -0.25) is 0 Å². The molecule has 3 heteroatoms. The van der Waals surface area contributed by atoms with Gasteiger partial charge in [0.2, 0.25) is 5.69 Å². The summed E-state index contributed by atoms with van der Waals surface area (Å²) in [5.74, 6) is 0. The van der Waals surface area contributed by atoms with E-state index in [2.05, 4.69) is 124 Å². The summed E-state index contributed by atoms with van der Waals surface area (Å²) in [5, 5.41) is 0.924. The number of rotatable bonds is 3. The fourth-order valence-corrected chi connectivity index (χ4v) is 6.65. The third-order valence-electron chi connectivity index (χ3n) is 8.47. The lowest BCUT2D eigenvalue weighted by molar-refractivity contribution is -0.401. The number of hydrogen-bond acceptors (Lipinski definition) is 1. The van der Waals surface area contributed by atoms with Crippen molar-refractivity contribution in [1.29, 1.82) is 0 Å². The molecule has 1 aliphatic carbocycles. The van der Waals surface area contributed by atoms with Gasteiger partial charge in [0.1, 0.15) is 7.05 Å². The number of hydrogen-bond donors (Lipinski definition) is 0. The second-order valence-corrected chi connectivity index (χ2v) is 11.8. The van der Waals surface area contributed by atoms with Gasteiger partial charge in [-0.25, -0.2) is 0 Å². The number of likely N-dealkylation sites (N-methyl/N-ethyl adjacent to an activating group) is 1. The van der Waals surface area contributed by atoms with E-state index in [9.17, 15) is 0 Å². The van der Waals surface area contributed by atoms with Gasteiger partial charge in [0.25, 0.3) is 0 Å². The van der Waals surface area contributed by atoms with Crippen molar-refractivity contribution in [3.05, 3.63) is 106 Å². The van der Waals surface area contributed by atoms with Crippen molar-refractivity contribution in [2.45, 2.75) is 64.2 Å². The van der Waals surface area contributed by atoms with Gasteiger partial charge >= 0.3 is 0 Å². The number of allylic oxidation sites excluding steroid dienone is 8.